The van der Waals surface area contributed by atoms with Gasteiger partial charge in [0.1, 0.15) is 6.04 Å². The number of hydrogen-bond acceptors (Lipinski definition) is 4. The molecule has 2 aromatic rings. The van der Waals surface area contributed by atoms with Crippen LogP contribution in [-0.4, -0.2) is 61.9 Å². The second-order valence-electron chi connectivity index (χ2n) is 8.51. The molecule has 9 heteroatoms. The molecule has 0 aromatic heterocycles. The van der Waals surface area contributed by atoms with E-state index in [9.17, 15) is 18.0 Å². The Balaban J connectivity index is 2.42. The molecular formula is C24H32ClN3O4S. The average Bonchev–Trinajstić information content (AvgIpc) is 2.75. The van der Waals surface area contributed by atoms with Crippen LogP contribution in [0.25, 0.3) is 0 Å². The topological polar surface area (TPSA) is 86.8 Å². The number of likely N-dealkylation sites (N-methyl/N-ethyl adjacent to an activating group) is 1. The zero-order chi connectivity index (χ0) is 24.6. The standard InChI is InChI=1S/C24H32ClN3O4S/c1-18(2)15-26-24(30)22(14-19-8-6-5-7-9-19)28(16-20-10-12-21(25)13-11-20)23(29)17-27(3)33(4,31)32/h5-13,18,22H,14-17H2,1-4H3,(H,26,30). The number of carbonyl (C=O) groups is 2. The van der Waals surface area contributed by atoms with Crippen molar-refractivity contribution in [2.24, 2.45) is 5.92 Å². The maximum atomic E-state index is 13.4. The van der Waals surface area contributed by atoms with Gasteiger partial charge in [0.15, 0.2) is 0 Å². The lowest BCUT2D eigenvalue weighted by Crippen LogP contribution is -2.53. The molecule has 33 heavy (non-hydrogen) atoms. The van der Waals surface area contributed by atoms with E-state index in [1.165, 1.54) is 11.9 Å². The third kappa shape index (κ3) is 8.79. The largest absolute Gasteiger partial charge is 0.354 e. The van der Waals surface area contributed by atoms with E-state index in [2.05, 4.69) is 5.32 Å². The maximum Gasteiger partial charge on any atom is 0.243 e. The molecule has 0 saturated heterocycles. The van der Waals surface area contributed by atoms with Crippen molar-refractivity contribution in [3.8, 4) is 0 Å². The first-order valence-corrected chi connectivity index (χ1v) is 13.0. The SMILES string of the molecule is CC(C)CNC(=O)C(Cc1ccccc1)N(Cc1ccc(Cl)cc1)C(=O)CN(C)S(C)(=O)=O. The van der Waals surface area contributed by atoms with Crippen LogP contribution >= 0.6 is 11.6 Å². The summed E-state index contributed by atoms with van der Waals surface area (Å²) in [7, 11) is -2.22. The highest BCUT2D eigenvalue weighted by molar-refractivity contribution is 7.88. The second kappa shape index (κ2) is 12.2. The molecule has 0 aliphatic rings. The van der Waals surface area contributed by atoms with Gasteiger partial charge in [-0.3, -0.25) is 9.59 Å². The summed E-state index contributed by atoms with van der Waals surface area (Å²) in [5, 5.41) is 3.49. The van der Waals surface area contributed by atoms with E-state index >= 15 is 0 Å². The van der Waals surface area contributed by atoms with E-state index in [-0.39, 0.29) is 24.9 Å². The van der Waals surface area contributed by atoms with Crippen LogP contribution in [0.5, 0.6) is 0 Å². The smallest absolute Gasteiger partial charge is 0.243 e. The summed E-state index contributed by atoms with van der Waals surface area (Å²) < 4.78 is 24.8. The fraction of sp³-hybridized carbons (Fsp3) is 0.417. The molecule has 1 unspecified atom stereocenters. The third-order valence-corrected chi connectivity index (χ3v) is 6.66. The summed E-state index contributed by atoms with van der Waals surface area (Å²) in [6, 6.07) is 15.6. The molecule has 0 fully saturated rings. The Hall–Kier alpha value is -2.42. The Morgan fingerprint density at radius 1 is 1.00 bits per heavy atom. The number of nitrogens with one attached hydrogen (secondary N) is 1. The van der Waals surface area contributed by atoms with Crippen LogP contribution in [0, 0.1) is 5.92 Å². The molecule has 0 heterocycles. The molecule has 0 aliphatic heterocycles. The molecule has 0 aliphatic carbocycles. The lowest BCUT2D eigenvalue weighted by molar-refractivity contribution is -0.141. The average molecular weight is 494 g/mol. The molecule has 1 N–H and O–H groups in total. The molecule has 0 saturated carbocycles. The van der Waals surface area contributed by atoms with E-state index in [4.69, 9.17) is 11.6 Å². The minimum Gasteiger partial charge on any atom is -0.354 e. The van der Waals surface area contributed by atoms with Crippen molar-refractivity contribution in [3.05, 3.63) is 70.7 Å². The van der Waals surface area contributed by atoms with Crippen molar-refractivity contribution in [3.63, 3.8) is 0 Å². The first-order valence-electron chi connectivity index (χ1n) is 10.7. The first-order chi connectivity index (χ1) is 15.5. The highest BCUT2D eigenvalue weighted by Gasteiger charge is 2.31. The highest BCUT2D eigenvalue weighted by Crippen LogP contribution is 2.17. The monoisotopic (exact) mass is 493 g/mol. The first kappa shape index (κ1) is 26.8. The molecule has 0 spiro atoms. The lowest BCUT2D eigenvalue weighted by Gasteiger charge is -2.32. The van der Waals surface area contributed by atoms with Crippen molar-refractivity contribution in [2.45, 2.75) is 32.9 Å². The van der Waals surface area contributed by atoms with Gasteiger partial charge in [-0.25, -0.2) is 8.42 Å². The summed E-state index contributed by atoms with van der Waals surface area (Å²) >= 11 is 6.00. The number of rotatable bonds is 11. The normalized spacial score (nSPS) is 12.6. The molecule has 7 nitrogen and oxygen atoms in total. The van der Waals surface area contributed by atoms with Gasteiger partial charge in [0, 0.05) is 31.6 Å². The zero-order valence-corrected chi connectivity index (χ0v) is 21.1. The third-order valence-electron chi connectivity index (χ3n) is 5.15. The second-order valence-corrected chi connectivity index (χ2v) is 11.0. The minimum atomic E-state index is -3.57. The Labute approximate surface area is 201 Å². The number of carbonyl (C=O) groups excluding carboxylic acids is 2. The summed E-state index contributed by atoms with van der Waals surface area (Å²) in [5.74, 6) is -0.501. The molecule has 0 bridgehead atoms. The van der Waals surface area contributed by atoms with E-state index in [0.717, 1.165) is 21.7 Å². The molecule has 0 radical (unpaired) electrons. The Morgan fingerprint density at radius 3 is 2.15 bits per heavy atom. The quantitative estimate of drug-likeness (QED) is 0.521. The summed E-state index contributed by atoms with van der Waals surface area (Å²) in [6.07, 6.45) is 1.34. The van der Waals surface area contributed by atoms with Crippen molar-refractivity contribution in [2.75, 3.05) is 26.4 Å². The van der Waals surface area contributed by atoms with Crippen LogP contribution in [0.2, 0.25) is 5.02 Å². The molecular weight excluding hydrogens is 462 g/mol. The van der Waals surface area contributed by atoms with Crippen LogP contribution in [-0.2, 0) is 32.6 Å². The number of amides is 2. The fourth-order valence-electron chi connectivity index (χ4n) is 3.16. The predicted molar refractivity (Wildman–Crippen MR) is 131 cm³/mol. The van der Waals surface area contributed by atoms with E-state index in [1.807, 2.05) is 44.2 Å². The van der Waals surface area contributed by atoms with Gasteiger partial charge in [-0.2, -0.15) is 4.31 Å². The molecule has 2 aromatic carbocycles. The summed E-state index contributed by atoms with van der Waals surface area (Å²) in [5.41, 5.74) is 1.68. The van der Waals surface area contributed by atoms with Gasteiger partial charge >= 0.3 is 0 Å². The summed E-state index contributed by atoms with van der Waals surface area (Å²) in [4.78, 5) is 28.1. The van der Waals surface area contributed by atoms with Crippen molar-refractivity contribution >= 4 is 33.4 Å². The Kier molecular flexibility index (Phi) is 9.88. The molecule has 180 valence electrons. The van der Waals surface area contributed by atoms with Crippen molar-refractivity contribution in [1.29, 1.82) is 0 Å². The van der Waals surface area contributed by atoms with Gasteiger partial charge in [-0.1, -0.05) is 67.9 Å². The predicted octanol–water partition coefficient (Wildman–Crippen LogP) is 2.94. The van der Waals surface area contributed by atoms with Crippen LogP contribution < -0.4 is 5.32 Å². The maximum absolute atomic E-state index is 13.4. The van der Waals surface area contributed by atoms with Gasteiger partial charge in [0.05, 0.1) is 12.8 Å². The lowest BCUT2D eigenvalue weighted by atomic mass is 10.0. The summed E-state index contributed by atoms with van der Waals surface area (Å²) in [6.45, 7) is 4.22. The number of hydrogen-bond donors (Lipinski definition) is 1. The van der Waals surface area contributed by atoms with Crippen LogP contribution in [0.4, 0.5) is 0 Å². The van der Waals surface area contributed by atoms with Crippen LogP contribution in [0.3, 0.4) is 0 Å². The molecule has 1 atom stereocenters. The van der Waals surface area contributed by atoms with Crippen LogP contribution in [0.1, 0.15) is 25.0 Å². The molecule has 2 rings (SSSR count). The fourth-order valence-corrected chi connectivity index (χ4v) is 3.63. The number of halogens is 1. The number of benzene rings is 2. The van der Waals surface area contributed by atoms with Crippen molar-refractivity contribution in [1.82, 2.24) is 14.5 Å². The Bertz CT molecular complexity index is 1030. The van der Waals surface area contributed by atoms with Gasteiger partial charge in [0.2, 0.25) is 21.8 Å². The number of sulfonamides is 1. The van der Waals surface area contributed by atoms with Crippen LogP contribution in [0.15, 0.2) is 54.6 Å². The molecule has 2 amide bonds. The van der Waals surface area contributed by atoms with E-state index in [0.29, 0.717) is 18.0 Å². The van der Waals surface area contributed by atoms with Gasteiger partial charge in [-0.05, 0) is 29.2 Å². The highest BCUT2D eigenvalue weighted by atomic mass is 35.5. The minimum absolute atomic E-state index is 0.139. The Morgan fingerprint density at radius 2 is 1.61 bits per heavy atom. The number of nitrogens with zero attached hydrogens (tertiary/aromatic N) is 2. The van der Waals surface area contributed by atoms with E-state index < -0.39 is 22.0 Å². The zero-order valence-electron chi connectivity index (χ0n) is 19.5. The van der Waals surface area contributed by atoms with E-state index in [1.54, 1.807) is 24.3 Å². The van der Waals surface area contributed by atoms with Gasteiger partial charge in [-0.15, -0.1) is 0 Å². The van der Waals surface area contributed by atoms with Gasteiger partial charge < -0.3 is 10.2 Å². The van der Waals surface area contributed by atoms with Gasteiger partial charge in [0.25, 0.3) is 0 Å². The van der Waals surface area contributed by atoms with Crippen molar-refractivity contribution < 1.29 is 18.0 Å².